The molecule has 1 N–H and O–H groups in total. The van der Waals surface area contributed by atoms with Crippen molar-refractivity contribution >= 4 is 17.5 Å². The normalized spacial score (nSPS) is 16.1. The highest BCUT2D eigenvalue weighted by molar-refractivity contribution is 5.94. The SMILES string of the molecule is C[C@H](NC(=O)C1CCN(C(=O)c2ccccc2)CC1)c1nnc2ccccn12. The fourth-order valence-corrected chi connectivity index (χ4v) is 3.66. The van der Waals surface area contributed by atoms with Crippen molar-refractivity contribution < 1.29 is 9.59 Å². The number of pyridine rings is 1. The van der Waals surface area contributed by atoms with E-state index < -0.39 is 0 Å². The second-order valence-electron chi connectivity index (χ2n) is 7.15. The van der Waals surface area contributed by atoms with Gasteiger partial charge in [-0.3, -0.25) is 14.0 Å². The van der Waals surface area contributed by atoms with Crippen LogP contribution in [0.4, 0.5) is 0 Å². The molecule has 1 aromatic carbocycles. The molecule has 3 heterocycles. The van der Waals surface area contributed by atoms with Crippen LogP contribution in [0.1, 0.15) is 42.0 Å². The summed E-state index contributed by atoms with van der Waals surface area (Å²) >= 11 is 0. The first-order valence-corrected chi connectivity index (χ1v) is 9.58. The van der Waals surface area contributed by atoms with Gasteiger partial charge in [0.25, 0.3) is 5.91 Å². The summed E-state index contributed by atoms with van der Waals surface area (Å²) in [5.41, 5.74) is 1.45. The average molecular weight is 377 g/mol. The number of fused-ring (bicyclic) bond motifs is 1. The molecule has 4 rings (SSSR count). The maximum Gasteiger partial charge on any atom is 0.253 e. The number of nitrogens with one attached hydrogen (secondary N) is 1. The molecule has 0 saturated carbocycles. The molecular weight excluding hydrogens is 354 g/mol. The summed E-state index contributed by atoms with van der Waals surface area (Å²) in [6.07, 6.45) is 3.22. The molecule has 0 bridgehead atoms. The van der Waals surface area contributed by atoms with E-state index in [9.17, 15) is 9.59 Å². The van der Waals surface area contributed by atoms with E-state index in [1.807, 2.05) is 71.0 Å². The highest BCUT2D eigenvalue weighted by Gasteiger charge is 2.29. The number of hydrogen-bond acceptors (Lipinski definition) is 4. The lowest BCUT2D eigenvalue weighted by molar-refractivity contribution is -0.127. The largest absolute Gasteiger partial charge is 0.346 e. The summed E-state index contributed by atoms with van der Waals surface area (Å²) in [7, 11) is 0. The van der Waals surface area contributed by atoms with Crippen LogP contribution in [0.5, 0.6) is 0 Å². The predicted molar refractivity (Wildman–Crippen MR) is 105 cm³/mol. The van der Waals surface area contributed by atoms with E-state index in [0.717, 1.165) is 5.65 Å². The molecule has 0 aliphatic carbocycles. The van der Waals surface area contributed by atoms with Gasteiger partial charge in [0.2, 0.25) is 5.91 Å². The van der Waals surface area contributed by atoms with Gasteiger partial charge >= 0.3 is 0 Å². The molecule has 7 heteroatoms. The van der Waals surface area contributed by atoms with Gasteiger partial charge in [-0.25, -0.2) is 0 Å². The highest BCUT2D eigenvalue weighted by atomic mass is 16.2. The van der Waals surface area contributed by atoms with Gasteiger partial charge in [-0.15, -0.1) is 10.2 Å². The highest BCUT2D eigenvalue weighted by Crippen LogP contribution is 2.21. The number of rotatable bonds is 4. The van der Waals surface area contributed by atoms with E-state index in [4.69, 9.17) is 0 Å². The maximum absolute atomic E-state index is 12.7. The van der Waals surface area contributed by atoms with Crippen molar-refractivity contribution in [1.29, 1.82) is 0 Å². The molecule has 0 spiro atoms. The Kier molecular flexibility index (Phi) is 5.06. The Morgan fingerprint density at radius 1 is 1.04 bits per heavy atom. The van der Waals surface area contributed by atoms with Gasteiger partial charge in [-0.2, -0.15) is 0 Å². The number of nitrogens with zero attached hydrogens (tertiary/aromatic N) is 4. The lowest BCUT2D eigenvalue weighted by Gasteiger charge is -2.32. The number of benzene rings is 1. The molecule has 28 heavy (non-hydrogen) atoms. The van der Waals surface area contributed by atoms with E-state index in [2.05, 4.69) is 15.5 Å². The zero-order valence-electron chi connectivity index (χ0n) is 15.8. The van der Waals surface area contributed by atoms with Crippen LogP contribution in [0.2, 0.25) is 0 Å². The zero-order valence-corrected chi connectivity index (χ0v) is 15.8. The summed E-state index contributed by atoms with van der Waals surface area (Å²) in [6, 6.07) is 14.7. The van der Waals surface area contributed by atoms with Crippen LogP contribution in [-0.2, 0) is 4.79 Å². The second kappa shape index (κ2) is 7.80. The topological polar surface area (TPSA) is 79.6 Å². The second-order valence-corrected chi connectivity index (χ2v) is 7.15. The minimum absolute atomic E-state index is 0.00647. The molecule has 1 fully saturated rings. The smallest absolute Gasteiger partial charge is 0.253 e. The van der Waals surface area contributed by atoms with Crippen LogP contribution < -0.4 is 5.32 Å². The first kappa shape index (κ1) is 18.2. The molecule has 2 aromatic heterocycles. The van der Waals surface area contributed by atoms with Crippen molar-refractivity contribution in [3.05, 3.63) is 66.1 Å². The molecular formula is C21H23N5O2. The zero-order chi connectivity index (χ0) is 19.5. The Morgan fingerprint density at radius 3 is 2.50 bits per heavy atom. The van der Waals surface area contributed by atoms with Gasteiger partial charge in [-0.05, 0) is 44.0 Å². The van der Waals surface area contributed by atoms with Gasteiger partial charge < -0.3 is 10.2 Å². The first-order chi connectivity index (χ1) is 13.6. The fourth-order valence-electron chi connectivity index (χ4n) is 3.66. The number of likely N-dealkylation sites (tertiary alicyclic amines) is 1. The summed E-state index contributed by atoms with van der Waals surface area (Å²) in [6.45, 7) is 3.09. The van der Waals surface area contributed by atoms with Crippen LogP contribution in [0.3, 0.4) is 0 Å². The number of piperidine rings is 1. The molecule has 3 aromatic rings. The Bertz CT molecular complexity index is 977. The number of aromatic nitrogens is 3. The Balaban J connectivity index is 1.34. The van der Waals surface area contributed by atoms with Crippen molar-refractivity contribution in [2.45, 2.75) is 25.8 Å². The molecule has 7 nitrogen and oxygen atoms in total. The molecule has 1 aliphatic heterocycles. The maximum atomic E-state index is 12.7. The molecule has 1 saturated heterocycles. The van der Waals surface area contributed by atoms with Gasteiger partial charge in [-0.1, -0.05) is 24.3 Å². The van der Waals surface area contributed by atoms with Gasteiger partial charge in [0, 0.05) is 30.8 Å². The molecule has 0 radical (unpaired) electrons. The Hall–Kier alpha value is -3.22. The summed E-state index contributed by atoms with van der Waals surface area (Å²) < 4.78 is 1.88. The molecule has 1 atom stereocenters. The van der Waals surface area contributed by atoms with Crippen molar-refractivity contribution in [2.24, 2.45) is 5.92 Å². The molecule has 2 amide bonds. The standard InChI is InChI=1S/C21H23N5O2/c1-15(19-24-23-18-9-5-6-12-26(18)19)22-20(27)16-10-13-25(14-11-16)21(28)17-7-3-2-4-8-17/h2-9,12,15-16H,10-11,13-14H2,1H3,(H,22,27)/t15-/m0/s1. The first-order valence-electron chi connectivity index (χ1n) is 9.58. The van der Waals surface area contributed by atoms with Crippen LogP contribution in [0, 0.1) is 5.92 Å². The predicted octanol–water partition coefficient (Wildman–Crippen LogP) is 2.46. The average Bonchev–Trinajstić information content (AvgIpc) is 3.18. The van der Waals surface area contributed by atoms with Crippen LogP contribution in [0.15, 0.2) is 54.7 Å². The van der Waals surface area contributed by atoms with E-state index in [1.54, 1.807) is 0 Å². The van der Waals surface area contributed by atoms with Crippen molar-refractivity contribution in [1.82, 2.24) is 24.8 Å². The lowest BCUT2D eigenvalue weighted by Crippen LogP contribution is -2.43. The van der Waals surface area contributed by atoms with Crippen molar-refractivity contribution in [3.63, 3.8) is 0 Å². The summed E-state index contributed by atoms with van der Waals surface area (Å²) in [5, 5.41) is 11.4. The monoisotopic (exact) mass is 377 g/mol. The Labute approximate surface area is 163 Å². The van der Waals surface area contributed by atoms with Crippen LogP contribution >= 0.6 is 0 Å². The number of carbonyl (C=O) groups is 2. The van der Waals surface area contributed by atoms with E-state index in [-0.39, 0.29) is 23.8 Å². The molecule has 1 aliphatic rings. The minimum atomic E-state index is -0.242. The third kappa shape index (κ3) is 3.60. The number of amides is 2. The number of carbonyl (C=O) groups excluding carboxylic acids is 2. The lowest BCUT2D eigenvalue weighted by atomic mass is 9.95. The van der Waals surface area contributed by atoms with E-state index in [1.165, 1.54) is 0 Å². The minimum Gasteiger partial charge on any atom is -0.346 e. The fraction of sp³-hybridized carbons (Fsp3) is 0.333. The van der Waals surface area contributed by atoms with Crippen molar-refractivity contribution in [2.75, 3.05) is 13.1 Å². The van der Waals surface area contributed by atoms with Gasteiger partial charge in [0.05, 0.1) is 6.04 Å². The molecule has 144 valence electrons. The molecule has 0 unspecified atom stereocenters. The quantitative estimate of drug-likeness (QED) is 0.757. The third-order valence-electron chi connectivity index (χ3n) is 5.26. The van der Waals surface area contributed by atoms with E-state index >= 15 is 0 Å². The van der Waals surface area contributed by atoms with Crippen LogP contribution in [-0.4, -0.2) is 44.4 Å². The van der Waals surface area contributed by atoms with Crippen molar-refractivity contribution in [3.8, 4) is 0 Å². The Morgan fingerprint density at radius 2 is 1.75 bits per heavy atom. The van der Waals surface area contributed by atoms with Gasteiger partial charge in [0.15, 0.2) is 11.5 Å². The summed E-state index contributed by atoms with van der Waals surface area (Å²) in [5.74, 6) is 0.650. The van der Waals surface area contributed by atoms with Crippen LogP contribution in [0.25, 0.3) is 5.65 Å². The third-order valence-corrected chi connectivity index (χ3v) is 5.26. The number of hydrogen-bond donors (Lipinski definition) is 1. The van der Waals surface area contributed by atoms with E-state index in [0.29, 0.717) is 37.3 Å². The van der Waals surface area contributed by atoms with Gasteiger partial charge in [0.1, 0.15) is 0 Å². The summed E-state index contributed by atoms with van der Waals surface area (Å²) in [4.78, 5) is 27.1.